The van der Waals surface area contributed by atoms with Gasteiger partial charge in [-0.2, -0.15) is 0 Å². The second-order valence-electron chi connectivity index (χ2n) is 11.6. The molecule has 0 aromatic heterocycles. The first-order chi connectivity index (χ1) is 18.5. The van der Waals surface area contributed by atoms with Crippen LogP contribution >= 0.6 is 0 Å². The number of likely N-dealkylation sites (tertiary alicyclic amines) is 2. The maximum Gasteiger partial charge on any atom is 0.255 e. The molecule has 9 nitrogen and oxygen atoms in total. The minimum absolute atomic E-state index is 0.0796. The van der Waals surface area contributed by atoms with E-state index in [1.807, 2.05) is 18.2 Å². The molecule has 1 saturated carbocycles. The SMILES string of the molecule is O=C1CCC(N2Cc3cc(O[C@H]4CCCC[C@@H]4N4CCC(C(=O)N5CCCC5)CC4)ccc3C2=O)C(=O)N1. The van der Waals surface area contributed by atoms with Gasteiger partial charge < -0.3 is 14.5 Å². The molecule has 9 heteroatoms. The number of carbonyl (C=O) groups is 4. The van der Waals surface area contributed by atoms with Crippen LogP contribution in [0.1, 0.15) is 80.1 Å². The number of nitrogens with one attached hydrogen (secondary N) is 1. The zero-order chi connectivity index (χ0) is 26.2. The minimum Gasteiger partial charge on any atom is -0.489 e. The molecule has 1 aromatic rings. The molecule has 5 aliphatic rings. The van der Waals surface area contributed by atoms with E-state index in [4.69, 9.17) is 4.74 Å². The minimum atomic E-state index is -0.611. The molecule has 1 aliphatic carbocycles. The fourth-order valence-corrected chi connectivity index (χ4v) is 7.11. The van der Waals surface area contributed by atoms with Crippen molar-refractivity contribution in [1.29, 1.82) is 0 Å². The van der Waals surface area contributed by atoms with Gasteiger partial charge in [0.1, 0.15) is 17.9 Å². The molecule has 3 saturated heterocycles. The van der Waals surface area contributed by atoms with Gasteiger partial charge in [0.15, 0.2) is 0 Å². The van der Waals surface area contributed by atoms with Crippen LogP contribution in [0.15, 0.2) is 18.2 Å². The Hall–Kier alpha value is -2.94. The number of benzene rings is 1. The quantitative estimate of drug-likeness (QED) is 0.597. The Balaban J connectivity index is 1.09. The van der Waals surface area contributed by atoms with Crippen LogP contribution in [0.3, 0.4) is 0 Å². The normalized spacial score (nSPS) is 28.9. The largest absolute Gasteiger partial charge is 0.489 e. The lowest BCUT2D eigenvalue weighted by atomic mass is 9.87. The van der Waals surface area contributed by atoms with Crippen molar-refractivity contribution in [3.05, 3.63) is 29.3 Å². The number of imide groups is 1. The van der Waals surface area contributed by atoms with E-state index < -0.39 is 11.9 Å². The summed E-state index contributed by atoms with van der Waals surface area (Å²) in [5.41, 5.74) is 1.47. The van der Waals surface area contributed by atoms with Crippen molar-refractivity contribution in [1.82, 2.24) is 20.0 Å². The van der Waals surface area contributed by atoms with Gasteiger partial charge in [0.05, 0.1) is 0 Å². The summed E-state index contributed by atoms with van der Waals surface area (Å²) in [5.74, 6) is 0.442. The molecule has 0 bridgehead atoms. The van der Waals surface area contributed by atoms with Crippen LogP contribution in [0.4, 0.5) is 0 Å². The van der Waals surface area contributed by atoms with E-state index in [1.165, 1.54) is 6.42 Å². The Morgan fingerprint density at radius 3 is 2.42 bits per heavy atom. The Labute approximate surface area is 223 Å². The monoisotopic (exact) mass is 522 g/mol. The summed E-state index contributed by atoms with van der Waals surface area (Å²) in [6.45, 7) is 4.08. The molecular weight excluding hydrogens is 484 g/mol. The maximum atomic E-state index is 13.0. The third kappa shape index (κ3) is 4.93. The van der Waals surface area contributed by atoms with E-state index in [2.05, 4.69) is 15.1 Å². The molecule has 3 atom stereocenters. The van der Waals surface area contributed by atoms with Crippen LogP contribution < -0.4 is 10.1 Å². The second kappa shape index (κ2) is 10.7. The summed E-state index contributed by atoms with van der Waals surface area (Å²) in [5, 5.41) is 2.36. The average Bonchev–Trinajstić information content (AvgIpc) is 3.57. The van der Waals surface area contributed by atoms with Gasteiger partial charge in [0.25, 0.3) is 5.91 Å². The van der Waals surface area contributed by atoms with Crippen LogP contribution in [0.2, 0.25) is 0 Å². The van der Waals surface area contributed by atoms with E-state index in [0.29, 0.717) is 30.5 Å². The Bertz CT molecular complexity index is 1110. The van der Waals surface area contributed by atoms with E-state index in [0.717, 1.165) is 82.4 Å². The highest BCUT2D eigenvalue weighted by Gasteiger charge is 2.40. The second-order valence-corrected chi connectivity index (χ2v) is 11.6. The van der Waals surface area contributed by atoms with Gasteiger partial charge in [0, 0.05) is 43.6 Å². The highest BCUT2D eigenvalue weighted by molar-refractivity contribution is 6.05. The first-order valence-corrected chi connectivity index (χ1v) is 14.4. The first-order valence-electron chi connectivity index (χ1n) is 14.4. The van der Waals surface area contributed by atoms with Crippen LogP contribution in [-0.2, 0) is 20.9 Å². The molecule has 204 valence electrons. The molecule has 0 spiro atoms. The van der Waals surface area contributed by atoms with Crippen LogP contribution in [0, 0.1) is 5.92 Å². The van der Waals surface area contributed by atoms with Crippen LogP contribution in [-0.4, -0.2) is 82.7 Å². The number of rotatable bonds is 5. The van der Waals surface area contributed by atoms with Crippen molar-refractivity contribution in [2.75, 3.05) is 26.2 Å². The number of piperidine rings is 2. The molecule has 38 heavy (non-hydrogen) atoms. The number of ether oxygens (including phenoxy) is 1. The van der Waals surface area contributed by atoms with E-state index in [-0.39, 0.29) is 30.3 Å². The predicted molar refractivity (Wildman–Crippen MR) is 139 cm³/mol. The number of nitrogens with zero attached hydrogens (tertiary/aromatic N) is 3. The topological polar surface area (TPSA) is 99.3 Å². The van der Waals surface area contributed by atoms with Gasteiger partial charge in [-0.05, 0) is 88.2 Å². The number of hydrogen-bond donors (Lipinski definition) is 1. The molecular formula is C29H38N4O5. The van der Waals surface area contributed by atoms with Crippen molar-refractivity contribution in [3.8, 4) is 5.75 Å². The molecule has 4 fully saturated rings. The van der Waals surface area contributed by atoms with Gasteiger partial charge in [-0.15, -0.1) is 0 Å². The zero-order valence-electron chi connectivity index (χ0n) is 22.0. The van der Waals surface area contributed by atoms with Crippen molar-refractivity contribution in [2.45, 2.75) is 88.9 Å². The van der Waals surface area contributed by atoms with Gasteiger partial charge in [-0.1, -0.05) is 6.42 Å². The summed E-state index contributed by atoms with van der Waals surface area (Å²) >= 11 is 0. The summed E-state index contributed by atoms with van der Waals surface area (Å²) in [6, 6.07) is 5.36. The van der Waals surface area contributed by atoms with Gasteiger partial charge in [-0.25, -0.2) is 0 Å². The predicted octanol–water partition coefficient (Wildman–Crippen LogP) is 2.47. The molecule has 6 rings (SSSR count). The number of fused-ring (bicyclic) bond motifs is 1. The fourth-order valence-electron chi connectivity index (χ4n) is 7.11. The Morgan fingerprint density at radius 2 is 1.66 bits per heavy atom. The number of hydrogen-bond acceptors (Lipinski definition) is 6. The van der Waals surface area contributed by atoms with Gasteiger partial charge in [0.2, 0.25) is 17.7 Å². The molecule has 1 N–H and O–H groups in total. The van der Waals surface area contributed by atoms with Crippen molar-refractivity contribution >= 4 is 23.6 Å². The lowest BCUT2D eigenvalue weighted by Gasteiger charge is -2.43. The van der Waals surface area contributed by atoms with Crippen LogP contribution in [0.25, 0.3) is 0 Å². The summed E-state index contributed by atoms with van der Waals surface area (Å²) < 4.78 is 6.58. The Morgan fingerprint density at radius 1 is 0.895 bits per heavy atom. The van der Waals surface area contributed by atoms with E-state index in [9.17, 15) is 19.2 Å². The molecule has 1 aromatic carbocycles. The summed E-state index contributed by atoms with van der Waals surface area (Å²) in [4.78, 5) is 56.0. The van der Waals surface area contributed by atoms with Crippen molar-refractivity contribution < 1.29 is 23.9 Å². The Kier molecular flexibility index (Phi) is 7.12. The maximum absolute atomic E-state index is 13.0. The number of amides is 4. The summed E-state index contributed by atoms with van der Waals surface area (Å²) in [6.07, 6.45) is 9.23. The molecule has 4 aliphatic heterocycles. The van der Waals surface area contributed by atoms with Gasteiger partial charge in [-0.3, -0.25) is 29.4 Å². The summed E-state index contributed by atoms with van der Waals surface area (Å²) in [7, 11) is 0. The van der Waals surface area contributed by atoms with E-state index >= 15 is 0 Å². The number of carbonyl (C=O) groups excluding carboxylic acids is 4. The molecule has 4 heterocycles. The van der Waals surface area contributed by atoms with Crippen molar-refractivity contribution in [3.63, 3.8) is 0 Å². The average molecular weight is 523 g/mol. The third-order valence-electron chi connectivity index (χ3n) is 9.22. The lowest BCUT2D eigenvalue weighted by Crippen LogP contribution is -2.52. The van der Waals surface area contributed by atoms with Crippen LogP contribution in [0.5, 0.6) is 5.75 Å². The smallest absolute Gasteiger partial charge is 0.255 e. The van der Waals surface area contributed by atoms with Gasteiger partial charge >= 0.3 is 0 Å². The molecule has 4 amide bonds. The zero-order valence-corrected chi connectivity index (χ0v) is 22.0. The molecule has 1 unspecified atom stereocenters. The first kappa shape index (κ1) is 25.3. The highest BCUT2D eigenvalue weighted by atomic mass is 16.5. The highest BCUT2D eigenvalue weighted by Crippen LogP contribution is 2.34. The molecule has 0 radical (unpaired) electrons. The fraction of sp³-hybridized carbons (Fsp3) is 0.655. The standard InChI is InChI=1S/C29H38N4O5/c34-26-10-9-24(27(35)30-26)33-18-20-17-21(7-8-22(20)29(33)37)38-25-6-2-1-5-23(25)31-15-11-19(12-16-31)28(36)32-13-3-4-14-32/h7-8,17,19,23-25H,1-6,9-16,18H2,(H,30,34,35)/t23-,24?,25-/m0/s1. The van der Waals surface area contributed by atoms with Crippen molar-refractivity contribution in [2.24, 2.45) is 5.92 Å². The van der Waals surface area contributed by atoms with E-state index in [1.54, 1.807) is 4.90 Å². The third-order valence-corrected chi connectivity index (χ3v) is 9.22. The lowest BCUT2D eigenvalue weighted by molar-refractivity contribution is -0.137.